The van der Waals surface area contributed by atoms with E-state index in [1.54, 1.807) is 18.2 Å². The molecule has 0 heterocycles. The number of hydrogen-bond donors (Lipinski definition) is 1. The molecule has 0 fully saturated rings. The minimum absolute atomic E-state index is 0.254. The number of nitrogens with one attached hydrogen (secondary N) is 1. The third-order valence-electron chi connectivity index (χ3n) is 4.09. The highest BCUT2D eigenvalue weighted by molar-refractivity contribution is 6.30. The molecule has 144 valence electrons. The maximum atomic E-state index is 11.8. The fourth-order valence-electron chi connectivity index (χ4n) is 2.64. The van der Waals surface area contributed by atoms with E-state index < -0.39 is 5.97 Å². The fraction of sp³-hybridized carbons (Fsp3) is 0.182. The Kier molecular flexibility index (Phi) is 6.87. The largest absolute Gasteiger partial charge is 0.482 e. The molecule has 0 aliphatic rings. The molecule has 0 spiro atoms. The fourth-order valence-corrected chi connectivity index (χ4v) is 2.76. The summed E-state index contributed by atoms with van der Waals surface area (Å²) < 4.78 is 10.4. The predicted octanol–water partition coefficient (Wildman–Crippen LogP) is 3.77. The number of halogens is 1. The molecule has 3 rings (SSSR count). The van der Waals surface area contributed by atoms with E-state index in [2.05, 4.69) is 5.32 Å². The van der Waals surface area contributed by atoms with Crippen LogP contribution in [0.25, 0.3) is 10.8 Å². The molecule has 0 bridgehead atoms. The van der Waals surface area contributed by atoms with Gasteiger partial charge in [-0.3, -0.25) is 4.79 Å². The van der Waals surface area contributed by atoms with E-state index >= 15 is 0 Å². The predicted molar refractivity (Wildman–Crippen MR) is 109 cm³/mol. The SMILES string of the molecule is O=C(COC(=O)COc1ccc2ccccc2c1)NCCc1ccc(Cl)cc1. The van der Waals surface area contributed by atoms with Crippen LogP contribution in [0.4, 0.5) is 0 Å². The van der Waals surface area contributed by atoms with Crippen molar-refractivity contribution in [3.05, 3.63) is 77.3 Å². The molecule has 0 saturated carbocycles. The Balaban J connectivity index is 1.35. The second-order valence-electron chi connectivity index (χ2n) is 6.18. The van der Waals surface area contributed by atoms with Crippen molar-refractivity contribution in [2.75, 3.05) is 19.8 Å². The Morgan fingerprint density at radius 1 is 0.893 bits per heavy atom. The van der Waals surface area contributed by atoms with Crippen molar-refractivity contribution in [2.45, 2.75) is 6.42 Å². The molecule has 0 atom stereocenters. The summed E-state index contributed by atoms with van der Waals surface area (Å²) in [6.07, 6.45) is 0.669. The zero-order valence-electron chi connectivity index (χ0n) is 15.2. The molecule has 0 saturated heterocycles. The van der Waals surface area contributed by atoms with Crippen LogP contribution in [0.2, 0.25) is 5.02 Å². The highest BCUT2D eigenvalue weighted by Crippen LogP contribution is 2.20. The first-order valence-corrected chi connectivity index (χ1v) is 9.26. The number of rotatable bonds is 8. The first-order chi connectivity index (χ1) is 13.6. The number of amides is 1. The van der Waals surface area contributed by atoms with Crippen molar-refractivity contribution in [3.8, 4) is 5.75 Å². The molecule has 5 nitrogen and oxygen atoms in total. The van der Waals surface area contributed by atoms with Gasteiger partial charge in [0, 0.05) is 11.6 Å². The normalized spacial score (nSPS) is 10.5. The molecular weight excluding hydrogens is 378 g/mol. The third-order valence-corrected chi connectivity index (χ3v) is 4.34. The van der Waals surface area contributed by atoms with Crippen molar-refractivity contribution < 1.29 is 19.1 Å². The first-order valence-electron chi connectivity index (χ1n) is 8.88. The molecule has 1 N–H and O–H groups in total. The number of carbonyl (C=O) groups is 2. The summed E-state index contributed by atoms with van der Waals surface area (Å²) in [6.45, 7) is -0.136. The molecular formula is C22H20ClNO4. The van der Waals surface area contributed by atoms with Gasteiger partial charge in [-0.1, -0.05) is 54.1 Å². The van der Waals surface area contributed by atoms with Crippen LogP contribution >= 0.6 is 11.6 Å². The molecule has 0 aliphatic carbocycles. The minimum Gasteiger partial charge on any atom is -0.482 e. The van der Waals surface area contributed by atoms with Crippen molar-refractivity contribution in [2.24, 2.45) is 0 Å². The molecule has 0 radical (unpaired) electrons. The van der Waals surface area contributed by atoms with Crippen molar-refractivity contribution >= 4 is 34.2 Å². The van der Waals surface area contributed by atoms with Gasteiger partial charge in [0.15, 0.2) is 13.2 Å². The summed E-state index contributed by atoms with van der Waals surface area (Å²) in [4.78, 5) is 23.5. The van der Waals surface area contributed by atoms with E-state index in [1.165, 1.54) is 0 Å². The van der Waals surface area contributed by atoms with Crippen molar-refractivity contribution in [1.82, 2.24) is 5.32 Å². The van der Waals surface area contributed by atoms with Gasteiger partial charge in [-0.05, 0) is 47.0 Å². The highest BCUT2D eigenvalue weighted by Gasteiger charge is 2.08. The number of fused-ring (bicyclic) bond motifs is 1. The number of benzene rings is 3. The van der Waals surface area contributed by atoms with Gasteiger partial charge in [0.05, 0.1) is 0 Å². The molecule has 3 aromatic rings. The number of hydrogen-bond acceptors (Lipinski definition) is 4. The Hall–Kier alpha value is -3.05. The van der Waals surface area contributed by atoms with Crippen LogP contribution in [0.5, 0.6) is 5.75 Å². The lowest BCUT2D eigenvalue weighted by Gasteiger charge is -2.09. The smallest absolute Gasteiger partial charge is 0.344 e. The Morgan fingerprint density at radius 3 is 2.43 bits per heavy atom. The van der Waals surface area contributed by atoms with Crippen LogP contribution in [0.1, 0.15) is 5.56 Å². The standard InChI is InChI=1S/C22H20ClNO4/c23-19-8-5-16(6-9-19)11-12-24-21(25)14-28-22(26)15-27-20-10-7-17-3-1-2-4-18(17)13-20/h1-10,13H,11-12,14-15H2,(H,24,25). The summed E-state index contributed by atoms with van der Waals surface area (Å²) in [5, 5.41) is 5.49. The Morgan fingerprint density at radius 2 is 1.64 bits per heavy atom. The number of carbonyl (C=O) groups excluding carboxylic acids is 2. The van der Waals surface area contributed by atoms with Crippen LogP contribution < -0.4 is 10.1 Å². The Labute approximate surface area is 168 Å². The van der Waals surface area contributed by atoms with Gasteiger partial charge in [0.25, 0.3) is 5.91 Å². The van der Waals surface area contributed by atoms with E-state index in [9.17, 15) is 9.59 Å². The average Bonchev–Trinajstić information content (AvgIpc) is 2.72. The minimum atomic E-state index is -0.596. The van der Waals surface area contributed by atoms with Gasteiger partial charge in [0.2, 0.25) is 0 Å². The summed E-state index contributed by atoms with van der Waals surface area (Å²) in [7, 11) is 0. The van der Waals surface area contributed by atoms with Crippen LogP contribution in [0, 0.1) is 0 Å². The summed E-state index contributed by atoms with van der Waals surface area (Å²) in [6, 6.07) is 20.8. The third kappa shape index (κ3) is 5.99. The molecule has 6 heteroatoms. The van der Waals surface area contributed by atoms with Gasteiger partial charge >= 0.3 is 5.97 Å². The van der Waals surface area contributed by atoms with E-state index in [0.717, 1.165) is 16.3 Å². The molecule has 0 aromatic heterocycles. The second kappa shape index (κ2) is 9.76. The lowest BCUT2D eigenvalue weighted by atomic mass is 10.1. The van der Waals surface area contributed by atoms with Crippen molar-refractivity contribution in [1.29, 1.82) is 0 Å². The van der Waals surface area contributed by atoms with Crippen LogP contribution in [0.15, 0.2) is 66.7 Å². The van der Waals surface area contributed by atoms with Crippen LogP contribution in [0.3, 0.4) is 0 Å². The summed E-state index contributed by atoms with van der Waals surface area (Å²) in [5.41, 5.74) is 1.06. The van der Waals surface area contributed by atoms with Gasteiger partial charge in [-0.15, -0.1) is 0 Å². The summed E-state index contributed by atoms with van der Waals surface area (Å²) in [5.74, 6) is -0.378. The molecule has 0 unspecified atom stereocenters. The highest BCUT2D eigenvalue weighted by atomic mass is 35.5. The molecule has 3 aromatic carbocycles. The summed E-state index contributed by atoms with van der Waals surface area (Å²) >= 11 is 5.83. The lowest BCUT2D eigenvalue weighted by molar-refractivity contribution is -0.150. The zero-order chi connectivity index (χ0) is 19.8. The second-order valence-corrected chi connectivity index (χ2v) is 6.62. The maximum absolute atomic E-state index is 11.8. The van der Waals surface area contributed by atoms with Crippen LogP contribution in [-0.4, -0.2) is 31.6 Å². The molecule has 0 aliphatic heterocycles. The van der Waals surface area contributed by atoms with E-state index in [0.29, 0.717) is 23.7 Å². The van der Waals surface area contributed by atoms with Gasteiger partial charge < -0.3 is 14.8 Å². The average molecular weight is 398 g/mol. The van der Waals surface area contributed by atoms with E-state index in [1.807, 2.05) is 48.5 Å². The van der Waals surface area contributed by atoms with Gasteiger partial charge in [-0.2, -0.15) is 0 Å². The zero-order valence-corrected chi connectivity index (χ0v) is 15.9. The molecule has 1 amide bonds. The maximum Gasteiger partial charge on any atom is 0.344 e. The van der Waals surface area contributed by atoms with Gasteiger partial charge in [0.1, 0.15) is 5.75 Å². The lowest BCUT2D eigenvalue weighted by Crippen LogP contribution is -2.31. The first kappa shape index (κ1) is 19.7. The number of esters is 1. The van der Waals surface area contributed by atoms with Crippen LogP contribution in [-0.2, 0) is 20.7 Å². The van der Waals surface area contributed by atoms with E-state index in [4.69, 9.17) is 21.1 Å². The van der Waals surface area contributed by atoms with Gasteiger partial charge in [-0.25, -0.2) is 4.79 Å². The topological polar surface area (TPSA) is 64.6 Å². The van der Waals surface area contributed by atoms with Crippen molar-refractivity contribution in [3.63, 3.8) is 0 Å². The Bertz CT molecular complexity index is 956. The molecule has 28 heavy (non-hydrogen) atoms. The number of ether oxygens (including phenoxy) is 2. The quantitative estimate of drug-likeness (QED) is 0.587. The van der Waals surface area contributed by atoms with E-state index in [-0.39, 0.29) is 19.1 Å². The monoisotopic (exact) mass is 397 g/mol.